The smallest absolute Gasteiger partial charge is 0.267 e. The van der Waals surface area contributed by atoms with Crippen molar-refractivity contribution in [3.8, 4) is 23.0 Å². The molecule has 4 rings (SSSR count). The zero-order valence-electron chi connectivity index (χ0n) is 18.2. The Labute approximate surface area is 191 Å². The Morgan fingerprint density at radius 2 is 1.75 bits per heavy atom. The van der Waals surface area contributed by atoms with E-state index >= 15 is 0 Å². The van der Waals surface area contributed by atoms with Crippen LogP contribution in [0.5, 0.6) is 11.5 Å². The number of rotatable bonds is 6. The Morgan fingerprint density at radius 1 is 1.03 bits per heavy atom. The van der Waals surface area contributed by atoms with Crippen LogP contribution in [0.3, 0.4) is 0 Å². The average Bonchev–Trinajstić information content (AvgIpc) is 3.20. The summed E-state index contributed by atoms with van der Waals surface area (Å²) in [5.41, 5.74) is 2.55. The Kier molecular flexibility index (Phi) is 5.80. The highest BCUT2D eigenvalue weighted by atomic mass is 35.5. The minimum absolute atomic E-state index is 0.282. The third kappa shape index (κ3) is 4.55. The van der Waals surface area contributed by atoms with Gasteiger partial charge in [-0.2, -0.15) is 0 Å². The van der Waals surface area contributed by atoms with Gasteiger partial charge in [0.05, 0.1) is 7.11 Å². The Hall–Kier alpha value is -3.51. The van der Waals surface area contributed by atoms with E-state index < -0.39 is 5.60 Å². The largest absolute Gasteiger partial charge is 0.497 e. The highest BCUT2D eigenvalue weighted by Gasteiger charge is 2.30. The number of benzene rings is 3. The average molecular weight is 451 g/mol. The van der Waals surface area contributed by atoms with Gasteiger partial charge in [-0.15, -0.1) is 0 Å². The molecule has 0 bridgehead atoms. The standard InChI is InChI=1S/C25H23ClN2O4/c1-15-5-6-16(23-27-21-14-19(30-4)11-12-22(21)31-23)13-20(15)28-24(29)25(2,3)32-18-9-7-17(26)8-10-18/h5-14H,1-4H3,(H,28,29). The Balaban J connectivity index is 1.57. The van der Waals surface area contributed by atoms with Crippen LogP contribution in [0.15, 0.2) is 65.1 Å². The predicted octanol–water partition coefficient (Wildman–Crippen LogP) is 6.26. The Bertz CT molecular complexity index is 1280. The summed E-state index contributed by atoms with van der Waals surface area (Å²) in [5.74, 6) is 1.44. The zero-order valence-corrected chi connectivity index (χ0v) is 19.0. The molecule has 3 aromatic carbocycles. The highest BCUT2D eigenvalue weighted by molar-refractivity contribution is 6.30. The van der Waals surface area contributed by atoms with Crippen molar-refractivity contribution in [1.29, 1.82) is 0 Å². The second-order valence-electron chi connectivity index (χ2n) is 7.90. The van der Waals surface area contributed by atoms with Crippen LogP contribution in [0.2, 0.25) is 5.02 Å². The molecule has 1 amide bonds. The fourth-order valence-electron chi connectivity index (χ4n) is 3.16. The molecule has 164 valence electrons. The van der Waals surface area contributed by atoms with Crippen LogP contribution in [-0.4, -0.2) is 23.6 Å². The van der Waals surface area contributed by atoms with Crippen LogP contribution < -0.4 is 14.8 Å². The molecule has 0 aliphatic carbocycles. The van der Waals surface area contributed by atoms with Crippen molar-refractivity contribution in [3.05, 3.63) is 71.2 Å². The summed E-state index contributed by atoms with van der Waals surface area (Å²) in [5, 5.41) is 3.57. The number of hydrogen-bond donors (Lipinski definition) is 1. The SMILES string of the molecule is COc1ccc2oc(-c3ccc(C)c(NC(=O)C(C)(C)Oc4ccc(Cl)cc4)c3)nc2c1. The van der Waals surface area contributed by atoms with Gasteiger partial charge in [0.25, 0.3) is 5.91 Å². The molecule has 7 heteroatoms. The summed E-state index contributed by atoms with van der Waals surface area (Å²) >= 11 is 5.92. The first-order valence-electron chi connectivity index (χ1n) is 10.1. The monoisotopic (exact) mass is 450 g/mol. The van der Waals surface area contributed by atoms with Crippen molar-refractivity contribution >= 4 is 34.3 Å². The summed E-state index contributed by atoms with van der Waals surface area (Å²) in [6.07, 6.45) is 0. The van der Waals surface area contributed by atoms with Gasteiger partial charge < -0.3 is 19.2 Å². The van der Waals surface area contributed by atoms with Gasteiger partial charge in [0.15, 0.2) is 11.2 Å². The van der Waals surface area contributed by atoms with Crippen LogP contribution in [-0.2, 0) is 4.79 Å². The van der Waals surface area contributed by atoms with Crippen molar-refractivity contribution < 1.29 is 18.7 Å². The van der Waals surface area contributed by atoms with Gasteiger partial charge in [0.2, 0.25) is 5.89 Å². The molecule has 6 nitrogen and oxygen atoms in total. The third-order valence-electron chi connectivity index (χ3n) is 5.06. The van der Waals surface area contributed by atoms with E-state index in [9.17, 15) is 4.79 Å². The number of aromatic nitrogens is 1. The molecule has 4 aromatic rings. The normalized spacial score (nSPS) is 11.4. The van der Waals surface area contributed by atoms with Crippen molar-refractivity contribution in [2.24, 2.45) is 0 Å². The number of nitrogens with one attached hydrogen (secondary N) is 1. The fraction of sp³-hybridized carbons (Fsp3) is 0.200. The number of aryl methyl sites for hydroxylation is 1. The molecule has 32 heavy (non-hydrogen) atoms. The number of carbonyl (C=O) groups excluding carboxylic acids is 1. The van der Waals surface area contributed by atoms with Gasteiger partial charge >= 0.3 is 0 Å². The molecule has 1 aromatic heterocycles. The van der Waals surface area contributed by atoms with E-state index in [4.69, 9.17) is 25.5 Å². The molecular formula is C25H23ClN2O4. The van der Waals surface area contributed by atoms with E-state index in [1.165, 1.54) is 0 Å². The summed E-state index contributed by atoms with van der Waals surface area (Å²) < 4.78 is 17.0. The van der Waals surface area contributed by atoms with Crippen LogP contribution in [0, 0.1) is 6.92 Å². The lowest BCUT2D eigenvalue weighted by Crippen LogP contribution is -2.42. The van der Waals surface area contributed by atoms with Crippen molar-refractivity contribution in [2.45, 2.75) is 26.4 Å². The summed E-state index contributed by atoms with van der Waals surface area (Å²) in [7, 11) is 1.61. The number of anilines is 1. The van der Waals surface area contributed by atoms with Crippen LogP contribution in [0.25, 0.3) is 22.6 Å². The number of ether oxygens (including phenoxy) is 2. The molecule has 0 radical (unpaired) electrons. The number of carbonyl (C=O) groups is 1. The molecule has 0 saturated heterocycles. The summed E-state index contributed by atoms with van der Waals surface area (Å²) in [4.78, 5) is 17.6. The topological polar surface area (TPSA) is 73.6 Å². The lowest BCUT2D eigenvalue weighted by Gasteiger charge is -2.26. The van der Waals surface area contributed by atoms with Crippen molar-refractivity contribution in [2.75, 3.05) is 12.4 Å². The van der Waals surface area contributed by atoms with Gasteiger partial charge in [-0.25, -0.2) is 4.98 Å². The number of amides is 1. The maximum atomic E-state index is 13.0. The number of fused-ring (bicyclic) bond motifs is 1. The minimum Gasteiger partial charge on any atom is -0.497 e. The second kappa shape index (κ2) is 8.55. The first-order chi connectivity index (χ1) is 15.2. The first-order valence-corrected chi connectivity index (χ1v) is 10.4. The maximum absolute atomic E-state index is 13.0. The van der Waals surface area contributed by atoms with Crippen molar-refractivity contribution in [1.82, 2.24) is 4.98 Å². The predicted molar refractivity (Wildman–Crippen MR) is 126 cm³/mol. The molecule has 1 heterocycles. The van der Waals surface area contributed by atoms with Crippen LogP contribution in [0.4, 0.5) is 5.69 Å². The van der Waals surface area contributed by atoms with Crippen molar-refractivity contribution in [3.63, 3.8) is 0 Å². The molecule has 0 atom stereocenters. The van der Waals surface area contributed by atoms with Crippen LogP contribution in [0.1, 0.15) is 19.4 Å². The van der Waals surface area contributed by atoms with E-state index in [2.05, 4.69) is 10.3 Å². The Morgan fingerprint density at radius 3 is 2.47 bits per heavy atom. The lowest BCUT2D eigenvalue weighted by atomic mass is 10.1. The quantitative estimate of drug-likeness (QED) is 0.375. The number of methoxy groups -OCH3 is 1. The first kappa shape index (κ1) is 21.7. The molecule has 0 unspecified atom stereocenters. The minimum atomic E-state index is -1.11. The molecule has 0 fully saturated rings. The zero-order chi connectivity index (χ0) is 22.9. The summed E-state index contributed by atoms with van der Waals surface area (Å²) in [6, 6.07) is 18.0. The molecular weight excluding hydrogens is 428 g/mol. The van der Waals surface area contributed by atoms with Gasteiger partial charge in [-0.3, -0.25) is 4.79 Å². The highest BCUT2D eigenvalue weighted by Crippen LogP contribution is 2.30. The van der Waals surface area contributed by atoms with Gasteiger partial charge in [-0.05, 0) is 74.9 Å². The van der Waals surface area contributed by atoms with Gasteiger partial charge in [0, 0.05) is 22.3 Å². The van der Waals surface area contributed by atoms with Gasteiger partial charge in [-0.1, -0.05) is 17.7 Å². The van der Waals surface area contributed by atoms with Crippen LogP contribution >= 0.6 is 11.6 Å². The second-order valence-corrected chi connectivity index (χ2v) is 8.34. The number of oxazole rings is 1. The molecule has 0 spiro atoms. The number of nitrogens with zero attached hydrogens (tertiary/aromatic N) is 1. The maximum Gasteiger partial charge on any atom is 0.267 e. The van der Waals surface area contributed by atoms with E-state index in [-0.39, 0.29) is 5.91 Å². The van der Waals surface area contributed by atoms with E-state index in [0.717, 1.165) is 11.1 Å². The number of hydrogen-bond acceptors (Lipinski definition) is 5. The van der Waals surface area contributed by atoms with E-state index in [1.807, 2.05) is 43.3 Å². The molecule has 0 saturated carbocycles. The third-order valence-corrected chi connectivity index (χ3v) is 5.31. The van der Waals surface area contributed by atoms with E-state index in [1.54, 1.807) is 45.2 Å². The molecule has 0 aliphatic rings. The molecule has 1 N–H and O–H groups in total. The fourth-order valence-corrected chi connectivity index (χ4v) is 3.29. The van der Waals surface area contributed by atoms with Gasteiger partial charge in [0.1, 0.15) is 17.0 Å². The lowest BCUT2D eigenvalue weighted by molar-refractivity contribution is -0.128. The summed E-state index contributed by atoms with van der Waals surface area (Å²) in [6.45, 7) is 5.35. The molecule has 0 aliphatic heterocycles. The van der Waals surface area contributed by atoms with E-state index in [0.29, 0.717) is 39.2 Å². The number of halogens is 1.